The Balaban J connectivity index is 1.64. The SMILES string of the molecule is BOc1cc(C(=O)NCC23CCN(CC2)CC3)ncc1OP. The zero-order valence-electron chi connectivity index (χ0n) is 12.8. The lowest BCUT2D eigenvalue weighted by Gasteiger charge is -2.48. The molecule has 0 radical (unpaired) electrons. The maximum atomic E-state index is 12.3. The maximum absolute atomic E-state index is 12.3. The molecule has 8 heteroatoms. The average molecular weight is 321 g/mol. The van der Waals surface area contributed by atoms with Crippen LogP contribution in [0.15, 0.2) is 12.3 Å². The van der Waals surface area contributed by atoms with Crippen LogP contribution in [0.25, 0.3) is 0 Å². The standard InChI is InChI=1S/C14H21BN3O3P/c15-20-11-7-10(16-8-12(11)21-22)13(19)17-9-14-1-4-18(5-2-14)6-3-14/h7-8H,1-6,9,15,22H2,(H,17,19). The van der Waals surface area contributed by atoms with E-state index in [0.717, 1.165) is 26.2 Å². The maximum Gasteiger partial charge on any atom is 0.322 e. The molecule has 1 aromatic rings. The summed E-state index contributed by atoms with van der Waals surface area (Å²) in [5, 5.41) is 3.05. The van der Waals surface area contributed by atoms with Gasteiger partial charge in [-0.25, -0.2) is 4.98 Å². The molecule has 1 atom stereocenters. The molecule has 3 fully saturated rings. The highest BCUT2D eigenvalue weighted by Crippen LogP contribution is 2.39. The Morgan fingerprint density at radius 3 is 2.64 bits per heavy atom. The monoisotopic (exact) mass is 321 g/mol. The molecule has 118 valence electrons. The molecule has 4 rings (SSSR count). The highest BCUT2D eigenvalue weighted by molar-refractivity contribution is 7.10. The summed E-state index contributed by atoms with van der Waals surface area (Å²) in [4.78, 5) is 19.0. The topological polar surface area (TPSA) is 63.7 Å². The first-order valence-corrected chi connectivity index (χ1v) is 8.04. The third-order valence-electron chi connectivity index (χ3n) is 4.91. The number of nitrogens with zero attached hydrogens (tertiary/aromatic N) is 2. The molecule has 2 bridgehead atoms. The van der Waals surface area contributed by atoms with Gasteiger partial charge in [0, 0.05) is 12.6 Å². The highest BCUT2D eigenvalue weighted by atomic mass is 31.0. The van der Waals surface area contributed by atoms with Gasteiger partial charge in [0.1, 0.15) is 11.4 Å². The van der Waals surface area contributed by atoms with E-state index in [4.69, 9.17) is 9.18 Å². The first-order chi connectivity index (χ1) is 10.7. The summed E-state index contributed by atoms with van der Waals surface area (Å²) in [5.74, 6) is 0.831. The summed E-state index contributed by atoms with van der Waals surface area (Å²) in [6.45, 7) is 4.19. The fourth-order valence-corrected chi connectivity index (χ4v) is 3.49. The summed E-state index contributed by atoms with van der Waals surface area (Å²) >= 11 is 0. The smallest absolute Gasteiger partial charge is 0.322 e. The normalized spacial score (nSPS) is 26.5. The van der Waals surface area contributed by atoms with Gasteiger partial charge in [-0.2, -0.15) is 0 Å². The predicted octanol–water partition coefficient (Wildman–Crippen LogP) is 0.393. The predicted molar refractivity (Wildman–Crippen MR) is 88.8 cm³/mol. The Hall–Kier alpha value is -1.33. The third-order valence-corrected chi connectivity index (χ3v) is 5.16. The Labute approximate surface area is 133 Å². The fraction of sp³-hybridized carbons (Fsp3) is 0.571. The first kappa shape index (κ1) is 15.6. The Morgan fingerprint density at radius 2 is 2.05 bits per heavy atom. The third kappa shape index (κ3) is 3.06. The lowest BCUT2D eigenvalue weighted by atomic mass is 9.72. The van der Waals surface area contributed by atoms with Crippen LogP contribution < -0.4 is 14.5 Å². The minimum atomic E-state index is -0.156. The van der Waals surface area contributed by atoms with Crippen molar-refractivity contribution in [2.75, 3.05) is 26.2 Å². The molecule has 0 spiro atoms. The van der Waals surface area contributed by atoms with Gasteiger partial charge in [-0.1, -0.05) is 0 Å². The van der Waals surface area contributed by atoms with Crippen molar-refractivity contribution in [3.63, 3.8) is 0 Å². The molecule has 4 heterocycles. The van der Waals surface area contributed by atoms with Crippen molar-refractivity contribution in [1.29, 1.82) is 0 Å². The van der Waals surface area contributed by atoms with E-state index in [2.05, 4.69) is 24.7 Å². The second-order valence-electron chi connectivity index (χ2n) is 6.11. The number of nitrogens with one attached hydrogen (secondary N) is 1. The molecule has 6 nitrogen and oxygen atoms in total. The summed E-state index contributed by atoms with van der Waals surface area (Å²) < 4.78 is 10.3. The van der Waals surface area contributed by atoms with Crippen molar-refractivity contribution >= 4 is 23.4 Å². The number of carbonyl (C=O) groups excluding carboxylic acids is 1. The number of hydrogen-bond acceptors (Lipinski definition) is 5. The van der Waals surface area contributed by atoms with Crippen LogP contribution in [0.3, 0.4) is 0 Å². The van der Waals surface area contributed by atoms with Crippen molar-refractivity contribution in [2.24, 2.45) is 5.41 Å². The van der Waals surface area contributed by atoms with E-state index in [9.17, 15) is 4.79 Å². The number of pyridine rings is 1. The quantitative estimate of drug-likeness (QED) is 0.628. The van der Waals surface area contributed by atoms with Crippen LogP contribution >= 0.6 is 9.47 Å². The van der Waals surface area contributed by atoms with E-state index in [0.29, 0.717) is 17.2 Å². The number of amides is 1. The summed E-state index contributed by atoms with van der Waals surface area (Å²) in [7, 11) is 3.69. The van der Waals surface area contributed by atoms with Crippen LogP contribution in [0.1, 0.15) is 29.8 Å². The van der Waals surface area contributed by atoms with Crippen LogP contribution in [-0.4, -0.2) is 50.0 Å². The van der Waals surface area contributed by atoms with Gasteiger partial charge in [-0.05, 0) is 44.3 Å². The fourth-order valence-electron chi connectivity index (χ4n) is 3.32. The van der Waals surface area contributed by atoms with Gasteiger partial charge in [0.05, 0.1) is 15.7 Å². The molecule has 3 aliphatic rings. The average Bonchev–Trinajstić information content (AvgIpc) is 2.60. The van der Waals surface area contributed by atoms with Gasteiger partial charge in [-0.3, -0.25) is 4.79 Å². The van der Waals surface area contributed by atoms with Crippen molar-refractivity contribution < 1.29 is 14.0 Å². The van der Waals surface area contributed by atoms with Gasteiger partial charge in [0.25, 0.3) is 5.91 Å². The van der Waals surface area contributed by atoms with E-state index in [-0.39, 0.29) is 11.3 Å². The summed E-state index contributed by atoms with van der Waals surface area (Å²) in [6, 6.07) is 1.61. The molecule has 1 amide bonds. The zero-order valence-corrected chi connectivity index (χ0v) is 14.0. The molecular formula is C14H21BN3O3P. The van der Waals surface area contributed by atoms with Crippen molar-refractivity contribution in [3.05, 3.63) is 18.0 Å². The lowest BCUT2D eigenvalue weighted by molar-refractivity contribution is 0.0261. The Morgan fingerprint density at radius 1 is 1.36 bits per heavy atom. The van der Waals surface area contributed by atoms with Gasteiger partial charge in [0.2, 0.25) is 0 Å². The number of piperidine rings is 3. The van der Waals surface area contributed by atoms with Gasteiger partial charge in [-0.15, -0.1) is 0 Å². The molecule has 3 saturated heterocycles. The number of hydrogen-bond donors (Lipinski definition) is 1. The molecule has 0 aromatic carbocycles. The van der Waals surface area contributed by atoms with E-state index < -0.39 is 0 Å². The number of aromatic nitrogens is 1. The summed E-state index contributed by atoms with van der Waals surface area (Å²) in [6.07, 6.45) is 5.01. The molecule has 1 unspecified atom stereocenters. The summed E-state index contributed by atoms with van der Waals surface area (Å²) in [5.41, 5.74) is 0.629. The molecule has 22 heavy (non-hydrogen) atoms. The number of fused-ring (bicyclic) bond motifs is 3. The van der Waals surface area contributed by atoms with Crippen LogP contribution in [0.2, 0.25) is 0 Å². The van der Waals surface area contributed by atoms with Crippen molar-refractivity contribution in [1.82, 2.24) is 15.2 Å². The van der Waals surface area contributed by atoms with Gasteiger partial charge < -0.3 is 19.4 Å². The molecule has 3 aliphatic heterocycles. The van der Waals surface area contributed by atoms with Crippen LogP contribution in [0.4, 0.5) is 0 Å². The van der Waals surface area contributed by atoms with E-state index in [1.807, 2.05) is 0 Å². The molecule has 1 N–H and O–H groups in total. The number of rotatable bonds is 5. The van der Waals surface area contributed by atoms with Crippen molar-refractivity contribution in [2.45, 2.75) is 19.3 Å². The second kappa shape index (κ2) is 6.43. The van der Waals surface area contributed by atoms with Crippen LogP contribution in [0, 0.1) is 5.41 Å². The molecule has 1 aromatic heterocycles. The van der Waals surface area contributed by atoms with E-state index in [1.165, 1.54) is 25.5 Å². The van der Waals surface area contributed by atoms with Crippen LogP contribution in [-0.2, 0) is 0 Å². The molecule has 0 saturated carbocycles. The minimum Gasteiger partial charge on any atom is -0.565 e. The van der Waals surface area contributed by atoms with Crippen LogP contribution in [0.5, 0.6) is 11.5 Å². The molecular weight excluding hydrogens is 300 g/mol. The largest absolute Gasteiger partial charge is 0.565 e. The van der Waals surface area contributed by atoms with Crippen molar-refractivity contribution in [3.8, 4) is 11.5 Å². The van der Waals surface area contributed by atoms with Gasteiger partial charge in [0.15, 0.2) is 5.75 Å². The Bertz CT molecular complexity index is 550. The lowest BCUT2D eigenvalue weighted by Crippen LogP contribution is -2.52. The Kier molecular flexibility index (Phi) is 4.55. The van der Waals surface area contributed by atoms with E-state index >= 15 is 0 Å². The number of carbonyl (C=O) groups is 1. The minimum absolute atomic E-state index is 0.156. The zero-order chi connectivity index (χ0) is 15.6. The van der Waals surface area contributed by atoms with E-state index in [1.54, 1.807) is 14.1 Å². The second-order valence-corrected chi connectivity index (χ2v) is 6.35. The van der Waals surface area contributed by atoms with Gasteiger partial charge >= 0.3 is 8.05 Å². The first-order valence-electron chi connectivity index (χ1n) is 7.57. The highest BCUT2D eigenvalue weighted by Gasteiger charge is 2.39. The molecule has 0 aliphatic carbocycles.